The summed E-state index contributed by atoms with van der Waals surface area (Å²) in [7, 11) is 3.74. The first kappa shape index (κ1) is 9.03. The Balaban J connectivity index is 3.82. The second-order valence-electron chi connectivity index (χ2n) is 1.64. The summed E-state index contributed by atoms with van der Waals surface area (Å²) in [6.45, 7) is 1.40. The van der Waals surface area contributed by atoms with E-state index in [4.69, 9.17) is 10.8 Å². The molecule has 0 aromatic rings. The van der Waals surface area contributed by atoms with E-state index in [-0.39, 0.29) is 5.96 Å². The van der Waals surface area contributed by atoms with E-state index in [1.807, 2.05) is 5.32 Å². The zero-order valence-corrected chi connectivity index (χ0v) is 5.53. The minimum atomic E-state index is -0.938. The van der Waals surface area contributed by atoms with Crippen molar-refractivity contribution in [3.05, 3.63) is 0 Å². The Morgan fingerprint density at radius 1 is 1.90 bits per heavy atom. The zero-order valence-electron chi connectivity index (χ0n) is 5.53. The van der Waals surface area contributed by atoms with Gasteiger partial charge in [0.2, 0.25) is 7.85 Å². The van der Waals surface area contributed by atoms with E-state index in [0.717, 1.165) is 0 Å². The first-order chi connectivity index (χ1) is 4.52. The van der Waals surface area contributed by atoms with Gasteiger partial charge in [-0.25, -0.2) is 0 Å². The van der Waals surface area contributed by atoms with Crippen LogP contribution < -0.4 is 11.1 Å². The number of carbonyl (C=O) groups excluding carboxylic acids is 1. The number of nitrogens with zero attached hydrogens (tertiary/aromatic N) is 1. The predicted octanol–water partition coefficient (Wildman–Crippen LogP) is -1.71. The lowest BCUT2D eigenvalue weighted by Crippen LogP contribution is -2.37. The average molecular weight is 139 g/mol. The molecule has 0 rings (SSSR count). The lowest BCUT2D eigenvalue weighted by atomic mass is 9.91. The summed E-state index contributed by atoms with van der Waals surface area (Å²) >= 11 is 0. The van der Waals surface area contributed by atoms with Crippen molar-refractivity contribution in [2.75, 3.05) is 0 Å². The molecule has 0 saturated carbocycles. The van der Waals surface area contributed by atoms with Crippen LogP contribution in [0.4, 0.5) is 4.79 Å². The third kappa shape index (κ3) is 5.17. The number of nitrogens with two attached hydrogens (primary N) is 1. The normalized spacial score (nSPS) is 10.8. The third-order valence-corrected chi connectivity index (χ3v) is 0.577. The quantitative estimate of drug-likeness (QED) is 0.229. The highest BCUT2D eigenvalue weighted by molar-refractivity contribution is 6.59. The number of nitrogens with one attached hydrogen (secondary N) is 1. The van der Waals surface area contributed by atoms with Gasteiger partial charge in [0.25, 0.3) is 0 Å². The smallest absolute Gasteiger partial charge is 0.431 e. The van der Waals surface area contributed by atoms with Gasteiger partial charge in [0.15, 0.2) is 11.8 Å². The molecule has 0 atom stereocenters. The van der Waals surface area contributed by atoms with Crippen molar-refractivity contribution in [3.63, 3.8) is 0 Å². The first-order valence-electron chi connectivity index (χ1n) is 2.60. The highest BCUT2D eigenvalue weighted by Crippen LogP contribution is 1.73. The molecule has 0 aliphatic carbocycles. The van der Waals surface area contributed by atoms with Gasteiger partial charge in [-0.15, -0.1) is 0 Å². The maximum absolute atomic E-state index is 10.1. The van der Waals surface area contributed by atoms with Crippen LogP contribution in [0.5, 0.6) is 0 Å². The van der Waals surface area contributed by atoms with Crippen molar-refractivity contribution in [3.8, 4) is 0 Å². The SMILES string of the molecule is [B]C(=O)NC(N)=NB(C)O. The monoisotopic (exact) mass is 139 g/mol. The van der Waals surface area contributed by atoms with Crippen molar-refractivity contribution in [1.82, 2.24) is 5.32 Å². The van der Waals surface area contributed by atoms with Crippen molar-refractivity contribution in [2.24, 2.45) is 10.6 Å². The lowest BCUT2D eigenvalue weighted by Gasteiger charge is -1.99. The van der Waals surface area contributed by atoms with Gasteiger partial charge in [0, 0.05) is 0 Å². The standard InChI is InChI=1S/C3H7B2N3O2/c1-5(10)8-3(6)7-2(4)9/h10H,1H3,(H3,6,7,8,9). The van der Waals surface area contributed by atoms with E-state index >= 15 is 0 Å². The zero-order chi connectivity index (χ0) is 8.15. The Morgan fingerprint density at radius 2 is 2.40 bits per heavy atom. The molecule has 0 bridgehead atoms. The van der Waals surface area contributed by atoms with Gasteiger partial charge in [0.1, 0.15) is 0 Å². The van der Waals surface area contributed by atoms with Gasteiger partial charge in [-0.05, 0) is 6.82 Å². The summed E-state index contributed by atoms with van der Waals surface area (Å²) in [5.41, 5.74) is 5.05. The van der Waals surface area contributed by atoms with Crippen LogP contribution >= 0.6 is 0 Å². The molecule has 0 spiro atoms. The molecule has 0 saturated heterocycles. The highest BCUT2D eigenvalue weighted by atomic mass is 16.2. The number of hydrogen-bond acceptors (Lipinski definition) is 3. The molecule has 4 N–H and O–H groups in total. The van der Waals surface area contributed by atoms with Crippen LogP contribution in [0.25, 0.3) is 0 Å². The highest BCUT2D eigenvalue weighted by Gasteiger charge is 2.00. The van der Waals surface area contributed by atoms with E-state index in [9.17, 15) is 4.79 Å². The summed E-state index contributed by atoms with van der Waals surface area (Å²) in [6.07, 6.45) is 0. The third-order valence-electron chi connectivity index (χ3n) is 0.577. The summed E-state index contributed by atoms with van der Waals surface area (Å²) in [5.74, 6) is -0.996. The van der Waals surface area contributed by atoms with Crippen LogP contribution in [-0.2, 0) is 0 Å². The Bertz CT molecular complexity index is 158. The van der Waals surface area contributed by atoms with Crippen molar-refractivity contribution in [1.29, 1.82) is 0 Å². The maximum Gasteiger partial charge on any atom is 0.431 e. The second kappa shape index (κ2) is 3.94. The molecule has 0 aliphatic rings. The summed E-state index contributed by atoms with van der Waals surface area (Å²) in [5, 5.41) is 10.6. The van der Waals surface area contributed by atoms with Gasteiger partial charge in [-0.3, -0.25) is 9.70 Å². The Kier molecular flexibility index (Phi) is 3.56. The van der Waals surface area contributed by atoms with E-state index in [1.165, 1.54) is 6.82 Å². The lowest BCUT2D eigenvalue weighted by molar-refractivity contribution is 0.263. The Hall–Kier alpha value is -0.970. The number of carbonyl (C=O) groups is 1. The molecule has 0 unspecified atom stereocenters. The molecule has 0 aromatic carbocycles. The van der Waals surface area contributed by atoms with Crippen molar-refractivity contribution < 1.29 is 9.82 Å². The summed E-state index contributed by atoms with van der Waals surface area (Å²) in [6, 6.07) is 0. The first-order valence-corrected chi connectivity index (χ1v) is 2.60. The predicted molar refractivity (Wildman–Crippen MR) is 39.7 cm³/mol. The molecule has 2 radical (unpaired) electrons. The fraction of sp³-hybridized carbons (Fsp3) is 0.333. The molecular weight excluding hydrogens is 132 g/mol. The topological polar surface area (TPSA) is 87.7 Å². The molecule has 0 aliphatic heterocycles. The minimum absolute atomic E-state index is 0.192. The molecular formula is C3H7B2N3O2. The van der Waals surface area contributed by atoms with E-state index < -0.39 is 12.9 Å². The summed E-state index contributed by atoms with van der Waals surface area (Å²) in [4.78, 5) is 13.4. The molecule has 0 fully saturated rings. The number of amides is 1. The van der Waals surface area contributed by atoms with Crippen LogP contribution in [0.15, 0.2) is 4.90 Å². The summed E-state index contributed by atoms with van der Waals surface area (Å²) < 4.78 is 0. The van der Waals surface area contributed by atoms with Crippen LogP contribution in [-0.4, -0.2) is 31.7 Å². The van der Waals surface area contributed by atoms with Gasteiger partial charge in [-0.1, -0.05) is 0 Å². The van der Waals surface area contributed by atoms with E-state index in [1.54, 1.807) is 0 Å². The largest absolute Gasteiger partial charge is 0.431 e. The molecule has 1 amide bonds. The fourth-order valence-electron chi connectivity index (χ4n) is 0.360. The number of guanidine groups is 1. The van der Waals surface area contributed by atoms with Crippen LogP contribution in [0.2, 0.25) is 6.82 Å². The Labute approximate surface area is 60.2 Å². The van der Waals surface area contributed by atoms with E-state index in [2.05, 4.69) is 12.7 Å². The van der Waals surface area contributed by atoms with Crippen LogP contribution in [0, 0.1) is 0 Å². The molecule has 7 heteroatoms. The molecule has 5 nitrogen and oxygen atoms in total. The minimum Gasteiger partial charge on any atom is -0.431 e. The average Bonchev–Trinajstić information content (AvgIpc) is 1.58. The Morgan fingerprint density at radius 3 is 2.70 bits per heavy atom. The van der Waals surface area contributed by atoms with E-state index in [0.29, 0.717) is 0 Å². The van der Waals surface area contributed by atoms with Crippen LogP contribution in [0.1, 0.15) is 0 Å². The molecule has 10 heavy (non-hydrogen) atoms. The van der Waals surface area contributed by atoms with Gasteiger partial charge in [0.05, 0.1) is 0 Å². The maximum atomic E-state index is 10.1. The van der Waals surface area contributed by atoms with Crippen LogP contribution in [0.3, 0.4) is 0 Å². The second-order valence-corrected chi connectivity index (χ2v) is 1.64. The van der Waals surface area contributed by atoms with Crippen molar-refractivity contribution >= 4 is 26.7 Å². The molecule has 0 heterocycles. The molecule has 0 aromatic heterocycles. The van der Waals surface area contributed by atoms with Gasteiger partial charge < -0.3 is 16.1 Å². The number of rotatable bonds is 1. The molecule has 52 valence electrons. The number of hydrogen-bond donors (Lipinski definition) is 3. The van der Waals surface area contributed by atoms with Gasteiger partial charge in [-0.2, -0.15) is 0 Å². The van der Waals surface area contributed by atoms with Gasteiger partial charge >= 0.3 is 7.05 Å². The van der Waals surface area contributed by atoms with Crippen molar-refractivity contribution in [2.45, 2.75) is 6.82 Å². The fourth-order valence-corrected chi connectivity index (χ4v) is 0.360.